The number of H-pyrrole nitrogens is 1. The average Bonchev–Trinajstić information content (AvgIpc) is 2.96. The molecule has 1 unspecified atom stereocenters. The summed E-state index contributed by atoms with van der Waals surface area (Å²) in [7, 11) is 0. The Bertz CT molecular complexity index is 934. The minimum absolute atomic E-state index is 0.128. The number of hydrogen-bond acceptors (Lipinski definition) is 3. The predicted octanol–water partition coefficient (Wildman–Crippen LogP) is 4.22. The highest BCUT2D eigenvalue weighted by molar-refractivity contribution is 5.76. The van der Waals surface area contributed by atoms with Crippen molar-refractivity contribution in [2.75, 3.05) is 0 Å². The van der Waals surface area contributed by atoms with Crippen molar-refractivity contribution in [1.82, 2.24) is 9.97 Å². The van der Waals surface area contributed by atoms with Gasteiger partial charge in [0.25, 0.3) is 6.01 Å². The summed E-state index contributed by atoms with van der Waals surface area (Å²) < 4.78 is 44.2. The van der Waals surface area contributed by atoms with E-state index in [-0.39, 0.29) is 11.5 Å². The Kier molecular flexibility index (Phi) is 3.68. The van der Waals surface area contributed by atoms with Crippen molar-refractivity contribution in [2.24, 2.45) is 0 Å². The average molecular weight is 348 g/mol. The van der Waals surface area contributed by atoms with Crippen molar-refractivity contribution in [3.05, 3.63) is 53.1 Å². The van der Waals surface area contributed by atoms with Gasteiger partial charge in [0.05, 0.1) is 22.7 Å². The van der Waals surface area contributed by atoms with Crippen molar-refractivity contribution in [3.63, 3.8) is 0 Å². The van der Waals surface area contributed by atoms with Crippen LogP contribution in [0, 0.1) is 0 Å². The number of ether oxygens (including phenoxy) is 1. The first-order valence-corrected chi connectivity index (χ1v) is 7.94. The van der Waals surface area contributed by atoms with Crippen molar-refractivity contribution in [2.45, 2.75) is 31.5 Å². The SMILES string of the molecule is OC1CCc2cccc(Oc3nc4ccc(C(F)(F)F)cc4[nH]3)c2C1. The molecule has 0 saturated heterocycles. The molecule has 2 N–H and O–H groups in total. The second-order valence-corrected chi connectivity index (χ2v) is 6.16. The maximum absolute atomic E-state index is 12.8. The molecular weight excluding hydrogens is 333 g/mol. The third kappa shape index (κ3) is 3.07. The number of aryl methyl sites for hydroxylation is 1. The third-order valence-corrected chi connectivity index (χ3v) is 4.41. The van der Waals surface area contributed by atoms with Crippen LogP contribution < -0.4 is 4.74 Å². The molecule has 1 heterocycles. The molecule has 0 saturated carbocycles. The van der Waals surface area contributed by atoms with Gasteiger partial charge in [0.15, 0.2) is 0 Å². The number of nitrogens with zero attached hydrogens (tertiary/aromatic N) is 1. The quantitative estimate of drug-likeness (QED) is 0.729. The Morgan fingerprint density at radius 2 is 2.04 bits per heavy atom. The zero-order valence-electron chi connectivity index (χ0n) is 13.1. The number of fused-ring (bicyclic) bond motifs is 2. The molecule has 0 amide bonds. The van der Waals surface area contributed by atoms with Crippen LogP contribution in [-0.4, -0.2) is 21.2 Å². The number of halogens is 3. The molecule has 0 fully saturated rings. The zero-order valence-corrected chi connectivity index (χ0v) is 13.1. The van der Waals surface area contributed by atoms with E-state index in [1.807, 2.05) is 12.1 Å². The van der Waals surface area contributed by atoms with Gasteiger partial charge in [0.1, 0.15) is 5.75 Å². The molecule has 130 valence electrons. The van der Waals surface area contributed by atoms with E-state index in [1.165, 1.54) is 6.07 Å². The maximum Gasteiger partial charge on any atom is 0.416 e. The predicted molar refractivity (Wildman–Crippen MR) is 85.6 cm³/mol. The van der Waals surface area contributed by atoms with Crippen LogP contribution in [0.4, 0.5) is 13.2 Å². The lowest BCUT2D eigenvalue weighted by atomic mass is 9.89. The van der Waals surface area contributed by atoms with E-state index in [0.717, 1.165) is 29.7 Å². The van der Waals surface area contributed by atoms with Gasteiger partial charge >= 0.3 is 6.18 Å². The molecule has 0 bridgehead atoms. The van der Waals surface area contributed by atoms with E-state index in [9.17, 15) is 18.3 Å². The zero-order chi connectivity index (χ0) is 17.6. The molecule has 0 aliphatic heterocycles. The normalized spacial score (nSPS) is 17.5. The fourth-order valence-electron chi connectivity index (χ4n) is 3.15. The van der Waals surface area contributed by atoms with Crippen LogP contribution in [0.5, 0.6) is 11.8 Å². The van der Waals surface area contributed by atoms with Gasteiger partial charge in [0, 0.05) is 12.0 Å². The molecule has 1 aromatic heterocycles. The van der Waals surface area contributed by atoms with Gasteiger partial charge in [0.2, 0.25) is 0 Å². The molecule has 2 aromatic carbocycles. The van der Waals surface area contributed by atoms with Crippen molar-refractivity contribution >= 4 is 11.0 Å². The van der Waals surface area contributed by atoms with Gasteiger partial charge < -0.3 is 14.8 Å². The van der Waals surface area contributed by atoms with Gasteiger partial charge in [-0.15, -0.1) is 0 Å². The van der Waals surface area contributed by atoms with E-state index in [2.05, 4.69) is 9.97 Å². The number of imidazole rings is 1. The van der Waals surface area contributed by atoms with E-state index < -0.39 is 17.8 Å². The molecule has 1 aliphatic carbocycles. The maximum atomic E-state index is 12.8. The van der Waals surface area contributed by atoms with Crippen LogP contribution in [0.1, 0.15) is 23.1 Å². The topological polar surface area (TPSA) is 58.1 Å². The van der Waals surface area contributed by atoms with Gasteiger partial charge in [-0.3, -0.25) is 0 Å². The number of aliphatic hydroxyl groups is 1. The molecule has 3 aromatic rings. The number of aromatic nitrogens is 2. The number of hydrogen-bond donors (Lipinski definition) is 2. The second kappa shape index (κ2) is 5.77. The summed E-state index contributed by atoms with van der Waals surface area (Å²) in [6, 6.07) is 9.06. The number of benzene rings is 2. The van der Waals surface area contributed by atoms with Gasteiger partial charge in [-0.1, -0.05) is 12.1 Å². The fraction of sp³-hybridized carbons (Fsp3) is 0.278. The van der Waals surface area contributed by atoms with E-state index in [0.29, 0.717) is 24.1 Å². The highest BCUT2D eigenvalue weighted by Gasteiger charge is 2.30. The van der Waals surface area contributed by atoms with Crippen molar-refractivity contribution in [3.8, 4) is 11.8 Å². The largest absolute Gasteiger partial charge is 0.425 e. The smallest absolute Gasteiger partial charge is 0.416 e. The van der Waals surface area contributed by atoms with E-state index in [1.54, 1.807) is 6.07 Å². The summed E-state index contributed by atoms with van der Waals surface area (Å²) in [6.07, 6.45) is -2.86. The van der Waals surface area contributed by atoms with Gasteiger partial charge in [-0.2, -0.15) is 18.2 Å². The minimum Gasteiger partial charge on any atom is -0.425 e. The van der Waals surface area contributed by atoms with Crippen molar-refractivity contribution < 1.29 is 23.0 Å². The fourth-order valence-corrected chi connectivity index (χ4v) is 3.15. The van der Waals surface area contributed by atoms with E-state index >= 15 is 0 Å². The Morgan fingerprint density at radius 3 is 2.84 bits per heavy atom. The molecule has 0 spiro atoms. The molecule has 4 rings (SSSR count). The number of alkyl halides is 3. The first-order valence-electron chi connectivity index (χ1n) is 7.94. The molecular formula is C18H15F3N2O2. The third-order valence-electron chi connectivity index (χ3n) is 4.41. The lowest BCUT2D eigenvalue weighted by Crippen LogP contribution is -2.19. The van der Waals surface area contributed by atoms with Crippen LogP contribution in [-0.2, 0) is 19.0 Å². The first-order chi connectivity index (χ1) is 11.9. The lowest BCUT2D eigenvalue weighted by molar-refractivity contribution is -0.137. The number of aromatic amines is 1. The number of aliphatic hydroxyl groups excluding tert-OH is 1. The molecule has 25 heavy (non-hydrogen) atoms. The van der Waals surface area contributed by atoms with E-state index in [4.69, 9.17) is 4.74 Å². The standard InChI is InChI=1S/C18H15F3N2O2/c19-18(20,21)11-5-7-14-15(8-11)23-17(22-14)25-16-3-1-2-10-4-6-12(24)9-13(10)16/h1-3,5,7-8,12,24H,4,6,9H2,(H,22,23). The summed E-state index contributed by atoms with van der Waals surface area (Å²) in [4.78, 5) is 6.97. The molecule has 0 radical (unpaired) electrons. The molecule has 1 aliphatic rings. The Morgan fingerprint density at radius 1 is 1.20 bits per heavy atom. The summed E-state index contributed by atoms with van der Waals surface area (Å²) in [5.41, 5.74) is 1.94. The first kappa shape index (κ1) is 16.0. The number of nitrogens with one attached hydrogen (secondary N) is 1. The lowest BCUT2D eigenvalue weighted by Gasteiger charge is -2.22. The molecule has 4 nitrogen and oxygen atoms in total. The van der Waals surface area contributed by atoms with Crippen LogP contribution in [0.25, 0.3) is 11.0 Å². The van der Waals surface area contributed by atoms with Gasteiger partial charge in [-0.05, 0) is 42.7 Å². The van der Waals surface area contributed by atoms with Crippen molar-refractivity contribution in [1.29, 1.82) is 0 Å². The highest BCUT2D eigenvalue weighted by atomic mass is 19.4. The second-order valence-electron chi connectivity index (χ2n) is 6.16. The monoisotopic (exact) mass is 348 g/mol. The van der Waals surface area contributed by atoms with Crippen LogP contribution >= 0.6 is 0 Å². The summed E-state index contributed by atoms with van der Waals surface area (Å²) in [5.74, 6) is 0.561. The highest BCUT2D eigenvalue weighted by Crippen LogP contribution is 2.34. The van der Waals surface area contributed by atoms with Crippen LogP contribution in [0.3, 0.4) is 0 Å². The summed E-state index contributed by atoms with van der Waals surface area (Å²) in [6.45, 7) is 0. The summed E-state index contributed by atoms with van der Waals surface area (Å²) in [5, 5.41) is 9.88. The van der Waals surface area contributed by atoms with Gasteiger partial charge in [-0.25, -0.2) is 0 Å². The Labute approximate surface area is 141 Å². The Hall–Kier alpha value is -2.54. The Balaban J connectivity index is 1.68. The van der Waals surface area contributed by atoms with Crippen LogP contribution in [0.2, 0.25) is 0 Å². The number of rotatable bonds is 2. The minimum atomic E-state index is -4.41. The summed E-state index contributed by atoms with van der Waals surface area (Å²) >= 11 is 0. The molecule has 1 atom stereocenters. The van der Waals surface area contributed by atoms with Crippen LogP contribution in [0.15, 0.2) is 36.4 Å². The molecule has 7 heteroatoms.